The highest BCUT2D eigenvalue weighted by atomic mass is 32.2. The number of carbonyl (C=O) groups is 1. The van der Waals surface area contributed by atoms with Gasteiger partial charge in [0.1, 0.15) is 15.7 Å². The number of nitrogens with zero attached hydrogens (tertiary/aromatic N) is 1. The Morgan fingerprint density at radius 1 is 0.967 bits per heavy atom. The largest absolute Gasteiger partial charge is 0.310 e. The van der Waals surface area contributed by atoms with Crippen molar-refractivity contribution in [3.05, 3.63) is 83.9 Å². The monoisotopic (exact) mass is 420 g/mol. The first-order valence-electron chi connectivity index (χ1n) is 9.97. The predicted molar refractivity (Wildman–Crippen MR) is 119 cm³/mol. The van der Waals surface area contributed by atoms with Crippen molar-refractivity contribution < 1.29 is 13.2 Å². The number of nitrogens with one attached hydrogen (secondary N) is 1. The second kappa shape index (κ2) is 8.03. The lowest BCUT2D eigenvalue weighted by molar-refractivity contribution is -0.118. The number of sulfone groups is 1. The van der Waals surface area contributed by atoms with Crippen molar-refractivity contribution in [1.82, 2.24) is 4.98 Å². The van der Waals surface area contributed by atoms with E-state index < -0.39 is 15.3 Å². The Kier molecular flexibility index (Phi) is 5.43. The summed E-state index contributed by atoms with van der Waals surface area (Å²) in [7, 11) is -2.98. The molecule has 3 aromatic rings. The first-order valence-corrected chi connectivity index (χ1v) is 12.0. The smallest absolute Gasteiger partial charge is 0.236 e. The van der Waals surface area contributed by atoms with Gasteiger partial charge >= 0.3 is 0 Å². The SMILES string of the molecule is CS(=O)(=O)CCc1ccc(-c2cccc(NC(=O)C3(c4ccccc4)CC3)n2)cc1. The second-order valence-electron chi connectivity index (χ2n) is 7.89. The number of rotatable bonds is 7. The maximum atomic E-state index is 12.9. The Morgan fingerprint density at radius 2 is 1.67 bits per heavy atom. The van der Waals surface area contributed by atoms with Gasteiger partial charge in [-0.1, -0.05) is 60.7 Å². The molecule has 0 unspecified atom stereocenters. The number of aryl methyl sites for hydroxylation is 1. The van der Waals surface area contributed by atoms with E-state index in [1.165, 1.54) is 6.26 Å². The molecule has 1 N–H and O–H groups in total. The summed E-state index contributed by atoms with van der Waals surface area (Å²) in [6, 6.07) is 23.1. The van der Waals surface area contributed by atoms with Gasteiger partial charge < -0.3 is 5.32 Å². The fourth-order valence-corrected chi connectivity index (χ4v) is 4.18. The molecule has 1 aliphatic rings. The molecule has 0 radical (unpaired) electrons. The van der Waals surface area contributed by atoms with Gasteiger partial charge in [-0.05, 0) is 42.5 Å². The molecule has 5 nitrogen and oxygen atoms in total. The van der Waals surface area contributed by atoms with Crippen LogP contribution in [0, 0.1) is 0 Å². The van der Waals surface area contributed by atoms with Gasteiger partial charge in [0.2, 0.25) is 5.91 Å². The third kappa shape index (κ3) is 4.60. The second-order valence-corrected chi connectivity index (χ2v) is 10.1. The lowest BCUT2D eigenvalue weighted by Crippen LogP contribution is -2.28. The van der Waals surface area contributed by atoms with Gasteiger partial charge in [-0.15, -0.1) is 0 Å². The van der Waals surface area contributed by atoms with Gasteiger partial charge in [0, 0.05) is 11.8 Å². The molecule has 4 rings (SSSR count). The molecule has 1 saturated carbocycles. The van der Waals surface area contributed by atoms with Gasteiger partial charge in [-0.3, -0.25) is 4.79 Å². The van der Waals surface area contributed by atoms with Crippen molar-refractivity contribution in [2.45, 2.75) is 24.7 Å². The first kappa shape index (κ1) is 20.3. The Morgan fingerprint density at radius 3 is 2.30 bits per heavy atom. The van der Waals surface area contributed by atoms with Gasteiger partial charge in [0.05, 0.1) is 16.9 Å². The molecule has 0 saturated heterocycles. The highest BCUT2D eigenvalue weighted by molar-refractivity contribution is 7.90. The number of carbonyl (C=O) groups excluding carboxylic acids is 1. The lowest BCUT2D eigenvalue weighted by atomic mass is 9.95. The maximum Gasteiger partial charge on any atom is 0.236 e. The fraction of sp³-hybridized carbons (Fsp3) is 0.250. The highest BCUT2D eigenvalue weighted by Crippen LogP contribution is 2.48. The van der Waals surface area contributed by atoms with E-state index in [0.717, 1.165) is 35.2 Å². The van der Waals surface area contributed by atoms with E-state index in [4.69, 9.17) is 0 Å². The van der Waals surface area contributed by atoms with E-state index >= 15 is 0 Å². The Balaban J connectivity index is 1.47. The van der Waals surface area contributed by atoms with Crippen LogP contribution in [0.25, 0.3) is 11.3 Å². The van der Waals surface area contributed by atoms with Crippen LogP contribution in [0.5, 0.6) is 0 Å². The van der Waals surface area contributed by atoms with Gasteiger partial charge in [0.15, 0.2) is 0 Å². The molecular formula is C24H24N2O3S. The number of anilines is 1. The molecule has 0 atom stereocenters. The minimum absolute atomic E-state index is 0.0190. The Hall–Kier alpha value is -2.99. The topological polar surface area (TPSA) is 76.1 Å². The molecule has 30 heavy (non-hydrogen) atoms. The van der Waals surface area contributed by atoms with Crippen LogP contribution < -0.4 is 5.32 Å². The summed E-state index contributed by atoms with van der Waals surface area (Å²) in [5.41, 5.74) is 3.24. The zero-order valence-corrected chi connectivity index (χ0v) is 17.7. The fourth-order valence-electron chi connectivity index (χ4n) is 3.58. The van der Waals surface area contributed by atoms with E-state index in [1.807, 2.05) is 66.7 Å². The molecule has 154 valence electrons. The van der Waals surface area contributed by atoms with Gasteiger partial charge in [-0.25, -0.2) is 13.4 Å². The number of amides is 1. The van der Waals surface area contributed by atoms with Gasteiger partial charge in [0.25, 0.3) is 0 Å². The number of aromatic nitrogens is 1. The van der Waals surface area contributed by atoms with Crippen LogP contribution in [0.1, 0.15) is 24.0 Å². The van der Waals surface area contributed by atoms with Crippen molar-refractivity contribution in [2.75, 3.05) is 17.3 Å². The van der Waals surface area contributed by atoms with E-state index in [9.17, 15) is 13.2 Å². The highest BCUT2D eigenvalue weighted by Gasteiger charge is 2.51. The molecular weight excluding hydrogens is 396 g/mol. The van der Waals surface area contributed by atoms with Crippen molar-refractivity contribution in [1.29, 1.82) is 0 Å². The molecule has 1 aliphatic carbocycles. The van der Waals surface area contributed by atoms with Crippen molar-refractivity contribution in [3.8, 4) is 11.3 Å². The molecule has 1 heterocycles. The number of pyridine rings is 1. The van der Waals surface area contributed by atoms with Crippen LogP contribution in [0.4, 0.5) is 5.82 Å². The maximum absolute atomic E-state index is 12.9. The summed E-state index contributed by atoms with van der Waals surface area (Å²) in [5.74, 6) is 0.644. The first-order chi connectivity index (χ1) is 14.4. The summed E-state index contributed by atoms with van der Waals surface area (Å²) in [6.45, 7) is 0. The third-order valence-corrected chi connectivity index (χ3v) is 6.46. The van der Waals surface area contributed by atoms with Gasteiger partial charge in [-0.2, -0.15) is 0 Å². The minimum Gasteiger partial charge on any atom is -0.310 e. The summed E-state index contributed by atoms with van der Waals surface area (Å²) in [6.07, 6.45) is 3.42. The van der Waals surface area contributed by atoms with E-state index in [0.29, 0.717) is 12.2 Å². The average molecular weight is 421 g/mol. The van der Waals surface area contributed by atoms with Crippen LogP contribution in [0.3, 0.4) is 0 Å². The van der Waals surface area contributed by atoms with Crippen molar-refractivity contribution >= 4 is 21.6 Å². The van der Waals surface area contributed by atoms with E-state index in [2.05, 4.69) is 10.3 Å². The van der Waals surface area contributed by atoms with E-state index in [1.54, 1.807) is 6.07 Å². The van der Waals surface area contributed by atoms with Crippen LogP contribution >= 0.6 is 0 Å². The molecule has 1 aromatic heterocycles. The molecule has 1 fully saturated rings. The summed E-state index contributed by atoms with van der Waals surface area (Å²) in [4.78, 5) is 17.5. The van der Waals surface area contributed by atoms with Crippen LogP contribution in [0.15, 0.2) is 72.8 Å². The molecule has 0 aliphatic heterocycles. The van der Waals surface area contributed by atoms with Crippen molar-refractivity contribution in [3.63, 3.8) is 0 Å². The average Bonchev–Trinajstić information content (AvgIpc) is 3.55. The standard InChI is InChI=1S/C24H24N2O3S/c1-30(28,29)17-14-18-10-12-19(13-11-18)21-8-5-9-22(25-21)26-23(27)24(15-16-24)20-6-3-2-4-7-20/h2-13H,14-17H2,1H3,(H,25,26,27). The Labute approximate surface area is 177 Å². The molecule has 0 spiro atoms. The van der Waals surface area contributed by atoms with Crippen LogP contribution in [0.2, 0.25) is 0 Å². The summed E-state index contributed by atoms with van der Waals surface area (Å²) >= 11 is 0. The molecule has 0 bridgehead atoms. The zero-order chi connectivity index (χ0) is 21.2. The minimum atomic E-state index is -2.98. The number of hydrogen-bond donors (Lipinski definition) is 1. The third-order valence-electron chi connectivity index (χ3n) is 5.51. The predicted octanol–water partition coefficient (Wildman–Crippen LogP) is 4.01. The quantitative estimate of drug-likeness (QED) is 0.627. The Bertz CT molecular complexity index is 1150. The number of benzene rings is 2. The molecule has 1 amide bonds. The van der Waals surface area contributed by atoms with Crippen LogP contribution in [-0.2, 0) is 26.5 Å². The van der Waals surface area contributed by atoms with E-state index in [-0.39, 0.29) is 11.7 Å². The zero-order valence-electron chi connectivity index (χ0n) is 16.8. The number of hydrogen-bond acceptors (Lipinski definition) is 4. The summed E-state index contributed by atoms with van der Waals surface area (Å²) in [5, 5.41) is 2.98. The molecule has 6 heteroatoms. The summed E-state index contributed by atoms with van der Waals surface area (Å²) < 4.78 is 22.7. The normalized spacial score (nSPS) is 14.8. The van der Waals surface area contributed by atoms with Crippen LogP contribution in [-0.4, -0.2) is 31.3 Å². The molecule has 2 aromatic carbocycles. The lowest BCUT2D eigenvalue weighted by Gasteiger charge is -2.15. The van der Waals surface area contributed by atoms with Crippen molar-refractivity contribution in [2.24, 2.45) is 0 Å².